The van der Waals surface area contributed by atoms with Gasteiger partial charge >= 0.3 is 0 Å². The highest BCUT2D eigenvalue weighted by Gasteiger charge is 2.53. The molecule has 6 heterocycles. The van der Waals surface area contributed by atoms with Gasteiger partial charge in [-0.2, -0.15) is 0 Å². The number of imidazole rings is 1. The molecule has 0 unspecified atom stereocenters. The molecule has 0 amide bonds. The van der Waals surface area contributed by atoms with Crippen LogP contribution >= 0.6 is 0 Å². The summed E-state index contributed by atoms with van der Waals surface area (Å²) < 4.78 is 11.2. The van der Waals surface area contributed by atoms with Gasteiger partial charge in [-0.25, -0.2) is 4.98 Å². The van der Waals surface area contributed by atoms with E-state index in [2.05, 4.69) is 38.0 Å². The average Bonchev–Trinajstić information content (AvgIpc) is 3.43. The Morgan fingerprint density at radius 1 is 1.12 bits per heavy atom. The number of nitrogens with zero attached hydrogens (tertiary/aromatic N) is 3. The summed E-state index contributed by atoms with van der Waals surface area (Å²) in [5.74, 6) is 3.14. The highest BCUT2D eigenvalue weighted by Crippen LogP contribution is 2.48. The first kappa shape index (κ1) is 15.1. The van der Waals surface area contributed by atoms with Crippen molar-refractivity contribution in [3.8, 4) is 11.5 Å². The van der Waals surface area contributed by atoms with E-state index < -0.39 is 0 Å². The van der Waals surface area contributed by atoms with Crippen LogP contribution in [0.5, 0.6) is 11.5 Å². The van der Waals surface area contributed by atoms with Gasteiger partial charge in [0.2, 0.25) is 6.79 Å². The van der Waals surface area contributed by atoms with Crippen molar-refractivity contribution in [3.05, 3.63) is 42.0 Å². The maximum atomic E-state index is 5.65. The number of likely N-dealkylation sites (tertiary alicyclic amines) is 1. The van der Waals surface area contributed by atoms with Crippen LogP contribution in [0.15, 0.2) is 30.7 Å². The first-order chi connectivity index (χ1) is 12.9. The van der Waals surface area contributed by atoms with E-state index in [1.54, 1.807) is 6.33 Å². The molecule has 6 nitrogen and oxygen atoms in total. The third-order valence-corrected chi connectivity index (χ3v) is 6.85. The second kappa shape index (κ2) is 5.72. The number of piperidine rings is 3. The van der Waals surface area contributed by atoms with Crippen molar-refractivity contribution >= 4 is 0 Å². The molecule has 0 saturated carbocycles. The molecule has 0 aliphatic carbocycles. The smallest absolute Gasteiger partial charge is 0.231 e. The maximum Gasteiger partial charge on any atom is 0.231 e. The van der Waals surface area contributed by atoms with Crippen molar-refractivity contribution in [2.75, 3.05) is 26.4 Å². The van der Waals surface area contributed by atoms with E-state index in [0.29, 0.717) is 24.8 Å². The zero-order valence-corrected chi connectivity index (χ0v) is 14.8. The Morgan fingerprint density at radius 3 is 2.85 bits per heavy atom. The van der Waals surface area contributed by atoms with E-state index in [0.717, 1.165) is 30.5 Å². The zero-order valence-electron chi connectivity index (χ0n) is 14.8. The summed E-state index contributed by atoms with van der Waals surface area (Å²) in [6, 6.07) is 7.81. The molecule has 5 aliphatic rings. The minimum Gasteiger partial charge on any atom is -0.454 e. The van der Waals surface area contributed by atoms with Gasteiger partial charge in [-0.05, 0) is 49.5 Å². The zero-order chi connectivity index (χ0) is 17.1. The molecule has 1 N–H and O–H groups in total. The second-order valence-corrected chi connectivity index (χ2v) is 8.08. The molecular weight excluding hydrogens is 328 g/mol. The fraction of sp³-hybridized carbons (Fsp3) is 0.550. The lowest BCUT2D eigenvalue weighted by molar-refractivity contribution is -0.00895. The fourth-order valence-electron chi connectivity index (χ4n) is 5.75. The van der Waals surface area contributed by atoms with Crippen LogP contribution in [-0.2, 0) is 6.54 Å². The summed E-state index contributed by atoms with van der Waals surface area (Å²) in [4.78, 5) is 12.9. The lowest BCUT2D eigenvalue weighted by atomic mass is 9.75. The summed E-state index contributed by atoms with van der Waals surface area (Å²) in [6.45, 7) is 4.92. The van der Waals surface area contributed by atoms with E-state index in [1.807, 2.05) is 6.20 Å². The van der Waals surface area contributed by atoms with E-state index in [-0.39, 0.29) is 0 Å². The first-order valence-electron chi connectivity index (χ1n) is 9.72. The largest absolute Gasteiger partial charge is 0.454 e. The van der Waals surface area contributed by atoms with Crippen LogP contribution in [0, 0.1) is 5.92 Å². The number of ether oxygens (including phenoxy) is 2. The molecule has 2 bridgehead atoms. The number of hydrogen-bond donors (Lipinski definition) is 1. The van der Waals surface area contributed by atoms with Gasteiger partial charge < -0.3 is 14.5 Å². The van der Waals surface area contributed by atoms with Gasteiger partial charge in [-0.15, -0.1) is 0 Å². The molecule has 26 heavy (non-hydrogen) atoms. The Hall–Kier alpha value is -2.05. The molecule has 3 atom stereocenters. The van der Waals surface area contributed by atoms with Gasteiger partial charge in [-0.3, -0.25) is 9.80 Å². The van der Waals surface area contributed by atoms with Gasteiger partial charge in [0.25, 0.3) is 0 Å². The second-order valence-electron chi connectivity index (χ2n) is 8.08. The summed E-state index contributed by atoms with van der Waals surface area (Å²) in [5, 5.41) is 0. The molecule has 7 rings (SSSR count). The monoisotopic (exact) mass is 352 g/mol. The van der Waals surface area contributed by atoms with Gasteiger partial charge in [0.15, 0.2) is 11.5 Å². The van der Waals surface area contributed by atoms with Crippen LogP contribution in [0.3, 0.4) is 0 Å². The molecule has 1 aromatic carbocycles. The fourth-order valence-corrected chi connectivity index (χ4v) is 5.75. The van der Waals surface area contributed by atoms with Crippen LogP contribution in [0.2, 0.25) is 0 Å². The molecule has 4 fully saturated rings. The minimum atomic E-state index is 0.343. The Bertz CT molecular complexity index is 800. The third-order valence-electron chi connectivity index (χ3n) is 6.85. The number of hydrogen-bond acceptors (Lipinski definition) is 5. The summed E-state index contributed by atoms with van der Waals surface area (Å²) in [6.07, 6.45) is 6.43. The number of aromatic amines is 1. The molecule has 136 valence electrons. The van der Waals surface area contributed by atoms with Crippen LogP contribution in [0.1, 0.15) is 30.0 Å². The topological polar surface area (TPSA) is 53.6 Å². The predicted octanol–water partition coefficient (Wildman–Crippen LogP) is 2.20. The highest BCUT2D eigenvalue weighted by atomic mass is 16.7. The predicted molar refractivity (Wildman–Crippen MR) is 96.2 cm³/mol. The van der Waals surface area contributed by atoms with E-state index in [4.69, 9.17) is 9.47 Å². The Kier molecular flexibility index (Phi) is 3.31. The Morgan fingerprint density at radius 2 is 2.00 bits per heavy atom. The Labute approximate surface area is 153 Å². The lowest BCUT2D eigenvalue weighted by Gasteiger charge is -2.51. The van der Waals surface area contributed by atoms with Gasteiger partial charge in [0.1, 0.15) is 0 Å². The molecule has 0 radical (unpaired) electrons. The van der Waals surface area contributed by atoms with Gasteiger partial charge in [0, 0.05) is 43.0 Å². The van der Waals surface area contributed by atoms with E-state index >= 15 is 0 Å². The molecule has 4 saturated heterocycles. The number of H-pyrrole nitrogens is 1. The third kappa shape index (κ3) is 2.21. The van der Waals surface area contributed by atoms with Crippen LogP contribution in [0.4, 0.5) is 0 Å². The molecule has 1 aromatic heterocycles. The van der Waals surface area contributed by atoms with Crippen LogP contribution in [-0.4, -0.2) is 58.3 Å². The SMILES string of the molecule is c1ncc(CN2C[C@H](c3ccc4c(c3)OCO4)[C@@H]3[C@H]2C2CCN3CC2)[nH]1. The normalized spacial score (nSPS) is 35.0. The van der Waals surface area contributed by atoms with Crippen molar-refractivity contribution < 1.29 is 9.47 Å². The summed E-state index contributed by atoms with van der Waals surface area (Å²) in [5.41, 5.74) is 2.61. The van der Waals surface area contributed by atoms with Gasteiger partial charge in [0.05, 0.1) is 6.33 Å². The quantitative estimate of drug-likeness (QED) is 0.918. The average molecular weight is 352 g/mol. The number of nitrogens with one attached hydrogen (secondary N) is 1. The minimum absolute atomic E-state index is 0.343. The number of aromatic nitrogens is 2. The standard InChI is InChI=1S/C20H24N4O2/c1-2-17-18(26-12-25-17)7-14(1)16-10-24(9-15-8-21-11-22-15)19-13-3-5-23(6-4-13)20(16)19/h1-2,7-8,11,13,16,19-20H,3-6,9-10,12H2,(H,21,22)/t16-,19-,20-/m1/s1. The maximum absolute atomic E-state index is 5.65. The van der Waals surface area contributed by atoms with Crippen LogP contribution in [0.25, 0.3) is 0 Å². The van der Waals surface area contributed by atoms with Gasteiger partial charge in [-0.1, -0.05) is 6.07 Å². The highest BCUT2D eigenvalue weighted by molar-refractivity contribution is 5.46. The van der Waals surface area contributed by atoms with Crippen molar-refractivity contribution in [3.63, 3.8) is 0 Å². The number of fused-ring (bicyclic) bond motifs is 3. The van der Waals surface area contributed by atoms with E-state index in [1.165, 1.54) is 37.2 Å². The summed E-state index contributed by atoms with van der Waals surface area (Å²) >= 11 is 0. The van der Waals surface area contributed by atoms with Crippen molar-refractivity contribution in [2.45, 2.75) is 37.4 Å². The van der Waals surface area contributed by atoms with Crippen molar-refractivity contribution in [2.24, 2.45) is 5.92 Å². The number of rotatable bonds is 3. The number of benzene rings is 1. The molecule has 0 spiro atoms. The van der Waals surface area contributed by atoms with Crippen molar-refractivity contribution in [1.29, 1.82) is 0 Å². The molecular formula is C20H24N4O2. The molecule has 2 aromatic rings. The summed E-state index contributed by atoms with van der Waals surface area (Å²) in [7, 11) is 0. The van der Waals surface area contributed by atoms with Crippen molar-refractivity contribution in [1.82, 2.24) is 19.8 Å². The lowest BCUT2D eigenvalue weighted by Crippen LogP contribution is -2.59. The Balaban J connectivity index is 1.36. The van der Waals surface area contributed by atoms with Crippen LogP contribution < -0.4 is 9.47 Å². The molecule has 6 heteroatoms. The van der Waals surface area contributed by atoms with E-state index in [9.17, 15) is 0 Å². The first-order valence-corrected chi connectivity index (χ1v) is 9.72. The molecule has 5 aliphatic heterocycles.